The first-order chi connectivity index (χ1) is 12.6. The van der Waals surface area contributed by atoms with E-state index in [0.717, 1.165) is 54.1 Å². The Kier molecular flexibility index (Phi) is 8.03. The average Bonchev–Trinajstić information content (AvgIpc) is 3.17. The summed E-state index contributed by atoms with van der Waals surface area (Å²) >= 11 is 1.68. The second kappa shape index (κ2) is 10.0. The van der Waals surface area contributed by atoms with E-state index in [9.17, 15) is 0 Å². The zero-order valence-electron chi connectivity index (χ0n) is 16.3. The molecule has 0 saturated heterocycles. The highest BCUT2D eigenvalue weighted by atomic mass is 127. The maximum Gasteiger partial charge on any atom is 0.193 e. The third-order valence-electron chi connectivity index (χ3n) is 4.33. The van der Waals surface area contributed by atoms with Gasteiger partial charge in [-0.1, -0.05) is 12.1 Å². The van der Waals surface area contributed by atoms with E-state index in [2.05, 4.69) is 60.2 Å². The van der Waals surface area contributed by atoms with Crippen LogP contribution in [0.4, 0.5) is 0 Å². The predicted octanol–water partition coefficient (Wildman–Crippen LogP) is 3.83. The molecule has 0 aliphatic rings. The number of hydrogen-bond donors (Lipinski definition) is 1. The normalized spacial score (nSPS) is 11.5. The highest BCUT2D eigenvalue weighted by Crippen LogP contribution is 2.15. The minimum Gasteiger partial charge on any atom is -0.356 e. The van der Waals surface area contributed by atoms with Gasteiger partial charge in [0.25, 0.3) is 0 Å². The number of hydrogen-bond acceptors (Lipinski definition) is 4. The van der Waals surface area contributed by atoms with Crippen LogP contribution >= 0.6 is 35.3 Å². The first kappa shape index (κ1) is 21.6. The van der Waals surface area contributed by atoms with Gasteiger partial charge < -0.3 is 14.8 Å². The molecule has 27 heavy (non-hydrogen) atoms. The molecule has 146 valence electrons. The molecule has 1 aromatic carbocycles. The number of benzene rings is 1. The molecular weight excluding hydrogens is 471 g/mol. The lowest BCUT2D eigenvalue weighted by atomic mass is 10.3. The highest BCUT2D eigenvalue weighted by molar-refractivity contribution is 14.0. The van der Waals surface area contributed by atoms with Gasteiger partial charge in [0.2, 0.25) is 0 Å². The third-order valence-corrected chi connectivity index (χ3v) is 5.15. The number of aliphatic imine (C=N–C) groups is 1. The Morgan fingerprint density at radius 2 is 2.04 bits per heavy atom. The Hall–Kier alpha value is -1.68. The first-order valence-electron chi connectivity index (χ1n) is 8.83. The fourth-order valence-corrected chi connectivity index (χ4v) is 3.70. The van der Waals surface area contributed by atoms with Crippen LogP contribution in [0, 0.1) is 13.8 Å². The minimum absolute atomic E-state index is 0. The summed E-state index contributed by atoms with van der Waals surface area (Å²) in [5, 5.41) is 6.64. The van der Waals surface area contributed by atoms with Crippen molar-refractivity contribution in [3.8, 4) is 0 Å². The van der Waals surface area contributed by atoms with E-state index in [1.807, 2.05) is 27.1 Å². The van der Waals surface area contributed by atoms with Crippen LogP contribution in [0.5, 0.6) is 0 Å². The molecule has 1 N–H and O–H groups in total. The number of aromatic nitrogens is 3. The van der Waals surface area contributed by atoms with Gasteiger partial charge in [-0.25, -0.2) is 9.97 Å². The minimum atomic E-state index is 0. The number of para-hydroxylation sites is 2. The maximum absolute atomic E-state index is 4.62. The molecule has 0 bridgehead atoms. The standard InChI is InChI=1S/C19H26N6S.HI/c1-14-22-17-8-5-6-9-18(17)25(14)11-7-10-21-19(20-3)24(4)12-16-13-26-15(2)23-16;/h5-6,8-9,13H,7,10-12H2,1-4H3,(H,20,21);1H. The van der Waals surface area contributed by atoms with Gasteiger partial charge in [0, 0.05) is 32.6 Å². The summed E-state index contributed by atoms with van der Waals surface area (Å²) in [4.78, 5) is 15.6. The Bertz CT molecular complexity index is 901. The molecule has 3 aromatic rings. The number of imidazole rings is 1. The van der Waals surface area contributed by atoms with Crippen LogP contribution in [0.25, 0.3) is 11.0 Å². The van der Waals surface area contributed by atoms with Crippen molar-refractivity contribution in [2.75, 3.05) is 20.6 Å². The highest BCUT2D eigenvalue weighted by Gasteiger charge is 2.09. The van der Waals surface area contributed by atoms with Gasteiger partial charge in [-0.3, -0.25) is 4.99 Å². The van der Waals surface area contributed by atoms with Crippen LogP contribution in [0.3, 0.4) is 0 Å². The summed E-state index contributed by atoms with van der Waals surface area (Å²) < 4.78 is 2.28. The Morgan fingerprint density at radius 1 is 1.26 bits per heavy atom. The fraction of sp³-hybridized carbons (Fsp3) is 0.421. The third kappa shape index (κ3) is 5.41. The summed E-state index contributed by atoms with van der Waals surface area (Å²) in [6, 6.07) is 8.29. The molecule has 2 aromatic heterocycles. The lowest BCUT2D eigenvalue weighted by Gasteiger charge is -2.21. The lowest BCUT2D eigenvalue weighted by molar-refractivity contribution is 0.467. The van der Waals surface area contributed by atoms with E-state index in [4.69, 9.17) is 0 Å². The summed E-state index contributed by atoms with van der Waals surface area (Å²) in [7, 11) is 3.86. The molecule has 0 aliphatic carbocycles. The summed E-state index contributed by atoms with van der Waals surface area (Å²) in [6.45, 7) is 6.65. The quantitative estimate of drug-likeness (QED) is 0.243. The van der Waals surface area contributed by atoms with E-state index >= 15 is 0 Å². The molecule has 0 spiro atoms. The average molecular weight is 498 g/mol. The predicted molar refractivity (Wildman–Crippen MR) is 124 cm³/mol. The van der Waals surface area contributed by atoms with Crippen molar-refractivity contribution in [1.82, 2.24) is 24.8 Å². The van der Waals surface area contributed by atoms with E-state index in [-0.39, 0.29) is 24.0 Å². The van der Waals surface area contributed by atoms with Crippen molar-refractivity contribution in [2.45, 2.75) is 33.4 Å². The van der Waals surface area contributed by atoms with Crippen LogP contribution < -0.4 is 5.32 Å². The molecule has 0 aliphatic heterocycles. The number of aryl methyl sites for hydroxylation is 3. The molecular formula is C19H27IN6S. The van der Waals surface area contributed by atoms with Crippen molar-refractivity contribution in [2.24, 2.45) is 4.99 Å². The van der Waals surface area contributed by atoms with Crippen LogP contribution in [0.15, 0.2) is 34.6 Å². The summed E-state index contributed by atoms with van der Waals surface area (Å²) in [5.41, 5.74) is 3.34. The van der Waals surface area contributed by atoms with E-state index in [0.29, 0.717) is 0 Å². The van der Waals surface area contributed by atoms with Gasteiger partial charge in [-0.05, 0) is 32.4 Å². The molecule has 0 saturated carbocycles. The van der Waals surface area contributed by atoms with Gasteiger partial charge in [0.05, 0.1) is 28.3 Å². The molecule has 0 amide bonds. The lowest BCUT2D eigenvalue weighted by Crippen LogP contribution is -2.39. The zero-order valence-corrected chi connectivity index (χ0v) is 19.4. The van der Waals surface area contributed by atoms with Crippen molar-refractivity contribution in [1.29, 1.82) is 0 Å². The number of rotatable bonds is 6. The van der Waals surface area contributed by atoms with E-state index in [1.165, 1.54) is 5.52 Å². The molecule has 6 nitrogen and oxygen atoms in total. The largest absolute Gasteiger partial charge is 0.356 e. The van der Waals surface area contributed by atoms with Gasteiger partial charge >= 0.3 is 0 Å². The topological polar surface area (TPSA) is 58.3 Å². The number of halogens is 1. The van der Waals surface area contributed by atoms with Crippen molar-refractivity contribution < 1.29 is 0 Å². The zero-order chi connectivity index (χ0) is 18.5. The van der Waals surface area contributed by atoms with E-state index in [1.54, 1.807) is 11.3 Å². The Labute approximate surface area is 181 Å². The van der Waals surface area contributed by atoms with Crippen LogP contribution in [0.2, 0.25) is 0 Å². The second-order valence-corrected chi connectivity index (χ2v) is 7.40. The Balaban J connectivity index is 0.00000261. The molecule has 3 rings (SSSR count). The number of guanidine groups is 1. The first-order valence-corrected chi connectivity index (χ1v) is 9.71. The molecule has 8 heteroatoms. The van der Waals surface area contributed by atoms with Crippen LogP contribution in [-0.4, -0.2) is 46.0 Å². The summed E-state index contributed by atoms with van der Waals surface area (Å²) in [5.74, 6) is 1.95. The molecule has 0 radical (unpaired) electrons. The number of thiazole rings is 1. The van der Waals surface area contributed by atoms with E-state index < -0.39 is 0 Å². The molecule has 2 heterocycles. The van der Waals surface area contributed by atoms with Crippen LogP contribution in [-0.2, 0) is 13.1 Å². The van der Waals surface area contributed by atoms with Crippen molar-refractivity contribution >= 4 is 52.3 Å². The number of nitrogens with zero attached hydrogens (tertiary/aromatic N) is 5. The van der Waals surface area contributed by atoms with Gasteiger partial charge in [-0.15, -0.1) is 35.3 Å². The molecule has 0 fully saturated rings. The number of nitrogens with one attached hydrogen (secondary N) is 1. The maximum atomic E-state index is 4.62. The van der Waals surface area contributed by atoms with Gasteiger partial charge in [0.1, 0.15) is 5.82 Å². The van der Waals surface area contributed by atoms with Crippen molar-refractivity contribution in [3.05, 3.63) is 46.2 Å². The molecule has 0 atom stereocenters. The monoisotopic (exact) mass is 498 g/mol. The number of fused-ring (bicyclic) bond motifs is 1. The summed E-state index contributed by atoms with van der Waals surface area (Å²) in [6.07, 6.45) is 1.00. The van der Waals surface area contributed by atoms with Crippen LogP contribution in [0.1, 0.15) is 22.9 Å². The SMILES string of the molecule is CN=C(NCCCn1c(C)nc2ccccc21)N(C)Cc1csc(C)n1.I. The second-order valence-electron chi connectivity index (χ2n) is 6.34. The fourth-order valence-electron chi connectivity index (χ4n) is 3.10. The smallest absolute Gasteiger partial charge is 0.193 e. The van der Waals surface area contributed by atoms with Gasteiger partial charge in [0.15, 0.2) is 5.96 Å². The van der Waals surface area contributed by atoms with Crippen molar-refractivity contribution in [3.63, 3.8) is 0 Å². The Morgan fingerprint density at radius 3 is 2.74 bits per heavy atom. The van der Waals surface area contributed by atoms with Gasteiger partial charge in [-0.2, -0.15) is 0 Å². The molecule has 0 unspecified atom stereocenters.